The molecule has 0 bridgehead atoms. The van der Waals surface area contributed by atoms with Gasteiger partial charge in [0.1, 0.15) is 0 Å². The molecule has 0 heterocycles. The molecule has 1 rings (SSSR count). The fraction of sp³-hybridized carbons (Fsp3) is 1.00. The zero-order valence-corrected chi connectivity index (χ0v) is 5.85. The van der Waals surface area contributed by atoms with Gasteiger partial charge in [-0.2, -0.15) is 0 Å². The standard InChI is InChI=1S/C4H6F2O.C2H6O/c5-4(6)1-3(7)2-4;1-2-3/h3,7H,1-2H2;3H,2H2,1H3. The Morgan fingerprint density at radius 3 is 1.80 bits per heavy atom. The topological polar surface area (TPSA) is 40.5 Å². The highest BCUT2D eigenvalue weighted by Crippen LogP contribution is 2.36. The van der Waals surface area contributed by atoms with Crippen LogP contribution in [0, 0.1) is 0 Å². The number of halogens is 2. The average Bonchev–Trinajstić information content (AvgIpc) is 1.61. The molecule has 1 aliphatic rings. The first kappa shape index (κ1) is 9.78. The maximum atomic E-state index is 11.6. The second kappa shape index (κ2) is 3.83. The normalized spacial score (nSPS) is 22.5. The molecule has 1 saturated carbocycles. The lowest BCUT2D eigenvalue weighted by atomic mass is 9.91. The molecule has 4 heteroatoms. The molecule has 2 nitrogen and oxygen atoms in total. The Balaban J connectivity index is 0.000000236. The van der Waals surface area contributed by atoms with Crippen molar-refractivity contribution in [2.24, 2.45) is 0 Å². The molecule has 0 aromatic carbocycles. The van der Waals surface area contributed by atoms with Gasteiger partial charge in [-0.05, 0) is 6.92 Å². The summed E-state index contributed by atoms with van der Waals surface area (Å²) in [7, 11) is 0. The number of rotatable bonds is 0. The van der Waals surface area contributed by atoms with Crippen LogP contribution in [0.1, 0.15) is 19.8 Å². The van der Waals surface area contributed by atoms with Gasteiger partial charge in [-0.1, -0.05) is 0 Å². The summed E-state index contributed by atoms with van der Waals surface area (Å²) >= 11 is 0. The minimum Gasteiger partial charge on any atom is -0.397 e. The average molecular weight is 154 g/mol. The number of aliphatic hydroxyl groups is 2. The zero-order chi connectivity index (χ0) is 8.20. The highest BCUT2D eigenvalue weighted by Gasteiger charge is 2.44. The Kier molecular flexibility index (Phi) is 3.75. The molecular weight excluding hydrogens is 142 g/mol. The van der Waals surface area contributed by atoms with E-state index in [4.69, 9.17) is 10.2 Å². The first-order valence-electron chi connectivity index (χ1n) is 3.18. The maximum absolute atomic E-state index is 11.6. The number of hydrogen-bond donors (Lipinski definition) is 2. The van der Waals surface area contributed by atoms with Crippen LogP contribution in [0.5, 0.6) is 0 Å². The molecule has 0 radical (unpaired) electrons. The molecule has 1 aliphatic carbocycles. The minimum absolute atomic E-state index is 0.250. The SMILES string of the molecule is CCO.OC1CC(F)(F)C1. The van der Waals surface area contributed by atoms with E-state index in [1.165, 1.54) is 0 Å². The Morgan fingerprint density at radius 2 is 1.80 bits per heavy atom. The van der Waals surface area contributed by atoms with Gasteiger partial charge in [0, 0.05) is 19.4 Å². The lowest BCUT2D eigenvalue weighted by molar-refractivity contribution is -0.143. The van der Waals surface area contributed by atoms with Crippen molar-refractivity contribution in [1.29, 1.82) is 0 Å². The van der Waals surface area contributed by atoms with Crippen LogP contribution in [0.2, 0.25) is 0 Å². The van der Waals surface area contributed by atoms with Crippen LogP contribution in [0.3, 0.4) is 0 Å². The highest BCUT2D eigenvalue weighted by atomic mass is 19.3. The lowest BCUT2D eigenvalue weighted by Gasteiger charge is -2.30. The van der Waals surface area contributed by atoms with Crippen molar-refractivity contribution < 1.29 is 19.0 Å². The van der Waals surface area contributed by atoms with Crippen molar-refractivity contribution >= 4 is 0 Å². The quantitative estimate of drug-likeness (QED) is 0.541. The summed E-state index contributed by atoms with van der Waals surface area (Å²) in [5.41, 5.74) is 0. The lowest BCUT2D eigenvalue weighted by Crippen LogP contribution is -2.39. The van der Waals surface area contributed by atoms with Gasteiger partial charge in [0.05, 0.1) is 6.10 Å². The number of aliphatic hydroxyl groups excluding tert-OH is 2. The molecule has 10 heavy (non-hydrogen) atoms. The maximum Gasteiger partial charge on any atom is 0.253 e. The van der Waals surface area contributed by atoms with E-state index >= 15 is 0 Å². The van der Waals surface area contributed by atoms with Gasteiger partial charge in [-0.25, -0.2) is 8.78 Å². The van der Waals surface area contributed by atoms with Gasteiger partial charge in [-0.3, -0.25) is 0 Å². The number of alkyl halides is 2. The van der Waals surface area contributed by atoms with E-state index in [0.717, 1.165) is 0 Å². The van der Waals surface area contributed by atoms with Crippen molar-refractivity contribution in [3.05, 3.63) is 0 Å². The number of hydrogen-bond acceptors (Lipinski definition) is 2. The van der Waals surface area contributed by atoms with Crippen LogP contribution in [-0.4, -0.2) is 28.8 Å². The third-order valence-electron chi connectivity index (χ3n) is 1.07. The van der Waals surface area contributed by atoms with E-state index in [1.807, 2.05) is 0 Å². The van der Waals surface area contributed by atoms with Crippen LogP contribution < -0.4 is 0 Å². The molecule has 0 aromatic heterocycles. The fourth-order valence-electron chi connectivity index (χ4n) is 0.630. The molecular formula is C6H12F2O2. The van der Waals surface area contributed by atoms with Crippen LogP contribution in [0.15, 0.2) is 0 Å². The second-order valence-corrected chi connectivity index (χ2v) is 2.23. The third-order valence-corrected chi connectivity index (χ3v) is 1.07. The first-order chi connectivity index (χ1) is 4.52. The largest absolute Gasteiger partial charge is 0.397 e. The van der Waals surface area contributed by atoms with Gasteiger partial charge >= 0.3 is 0 Å². The second-order valence-electron chi connectivity index (χ2n) is 2.23. The summed E-state index contributed by atoms with van der Waals surface area (Å²) in [6, 6.07) is 0. The van der Waals surface area contributed by atoms with Crippen molar-refractivity contribution in [3.63, 3.8) is 0 Å². The van der Waals surface area contributed by atoms with Crippen molar-refractivity contribution in [2.75, 3.05) is 6.61 Å². The first-order valence-corrected chi connectivity index (χ1v) is 3.18. The van der Waals surface area contributed by atoms with Crippen LogP contribution in [-0.2, 0) is 0 Å². The fourth-order valence-corrected chi connectivity index (χ4v) is 0.630. The summed E-state index contributed by atoms with van der Waals surface area (Å²) in [6.45, 7) is 1.93. The van der Waals surface area contributed by atoms with Crippen molar-refractivity contribution in [1.82, 2.24) is 0 Å². The molecule has 0 saturated heterocycles. The summed E-state index contributed by atoms with van der Waals surface area (Å²) in [4.78, 5) is 0. The summed E-state index contributed by atoms with van der Waals surface area (Å²) < 4.78 is 23.3. The summed E-state index contributed by atoms with van der Waals surface area (Å²) in [6.07, 6.45) is -1.42. The van der Waals surface area contributed by atoms with Gasteiger partial charge in [0.15, 0.2) is 0 Å². The predicted molar refractivity (Wildman–Crippen MR) is 32.9 cm³/mol. The molecule has 0 atom stereocenters. The predicted octanol–water partition coefficient (Wildman–Crippen LogP) is 0.775. The van der Waals surface area contributed by atoms with E-state index in [9.17, 15) is 8.78 Å². The molecule has 0 amide bonds. The van der Waals surface area contributed by atoms with Crippen LogP contribution in [0.25, 0.3) is 0 Å². The van der Waals surface area contributed by atoms with E-state index < -0.39 is 12.0 Å². The van der Waals surface area contributed by atoms with Crippen LogP contribution in [0.4, 0.5) is 8.78 Å². The van der Waals surface area contributed by atoms with E-state index in [0.29, 0.717) is 0 Å². The van der Waals surface area contributed by atoms with E-state index in [1.54, 1.807) is 6.92 Å². The Morgan fingerprint density at radius 1 is 1.50 bits per heavy atom. The van der Waals surface area contributed by atoms with E-state index in [2.05, 4.69) is 0 Å². The van der Waals surface area contributed by atoms with E-state index in [-0.39, 0.29) is 19.4 Å². The summed E-state index contributed by atoms with van der Waals surface area (Å²) in [5, 5.41) is 15.9. The van der Waals surface area contributed by atoms with Crippen LogP contribution >= 0.6 is 0 Å². The smallest absolute Gasteiger partial charge is 0.253 e. The minimum atomic E-state index is -2.56. The van der Waals surface area contributed by atoms with Gasteiger partial charge in [0.25, 0.3) is 5.92 Å². The van der Waals surface area contributed by atoms with Crippen molar-refractivity contribution in [2.45, 2.75) is 31.8 Å². The molecule has 62 valence electrons. The van der Waals surface area contributed by atoms with Gasteiger partial charge in [-0.15, -0.1) is 0 Å². The highest BCUT2D eigenvalue weighted by molar-refractivity contribution is 4.85. The van der Waals surface area contributed by atoms with Crippen molar-refractivity contribution in [3.8, 4) is 0 Å². The Hall–Kier alpha value is -0.220. The zero-order valence-electron chi connectivity index (χ0n) is 5.85. The molecule has 0 unspecified atom stereocenters. The molecule has 0 spiro atoms. The molecule has 0 aromatic rings. The van der Waals surface area contributed by atoms with Gasteiger partial charge < -0.3 is 10.2 Å². The van der Waals surface area contributed by atoms with Gasteiger partial charge in [0.2, 0.25) is 0 Å². The molecule has 1 fully saturated rings. The molecule has 0 aliphatic heterocycles. The monoisotopic (exact) mass is 154 g/mol. The molecule has 2 N–H and O–H groups in total. The Labute approximate surface area is 58.5 Å². The third kappa shape index (κ3) is 3.74. The summed E-state index contributed by atoms with van der Waals surface area (Å²) in [5.74, 6) is -2.56. The Bertz CT molecular complexity index is 87.7.